The van der Waals surface area contributed by atoms with Crippen LogP contribution in [-0.4, -0.2) is 22.5 Å². The van der Waals surface area contributed by atoms with E-state index in [1.807, 2.05) is 10.8 Å². The number of aliphatic hydroxyl groups is 1. The average Bonchev–Trinajstić information content (AvgIpc) is 2.99. The van der Waals surface area contributed by atoms with Crippen LogP contribution in [0.1, 0.15) is 28.4 Å². The maximum Gasteiger partial charge on any atom is 0.270 e. The number of carbonyl (C=O) groups excluding carboxylic acids is 1. The van der Waals surface area contributed by atoms with Crippen LogP contribution in [0.4, 0.5) is 5.69 Å². The van der Waals surface area contributed by atoms with E-state index in [-0.39, 0.29) is 17.8 Å². The van der Waals surface area contributed by atoms with Crippen molar-refractivity contribution in [1.29, 1.82) is 0 Å². The van der Waals surface area contributed by atoms with Crippen LogP contribution in [0.15, 0.2) is 35.0 Å². The molecule has 0 saturated carbocycles. The van der Waals surface area contributed by atoms with Crippen molar-refractivity contribution in [3.8, 4) is 0 Å². The normalized spacial score (nSPS) is 13.4. The van der Waals surface area contributed by atoms with Gasteiger partial charge in [-0.25, -0.2) is 0 Å². The standard InChI is InChI=1S/C15H16N2O4S/c1-10-5-11(7-13(6-10)17(20)21)14(18)16-9-15(2,19)12-3-4-22-8-12/h3-8,19H,9H2,1-2H3,(H,16,18). The number of nitro groups is 1. The van der Waals surface area contributed by atoms with Gasteiger partial charge in [0, 0.05) is 17.7 Å². The van der Waals surface area contributed by atoms with Crippen LogP contribution in [0.2, 0.25) is 0 Å². The van der Waals surface area contributed by atoms with E-state index in [0.717, 1.165) is 0 Å². The van der Waals surface area contributed by atoms with Crippen molar-refractivity contribution in [3.05, 3.63) is 61.8 Å². The summed E-state index contributed by atoms with van der Waals surface area (Å²) in [5.74, 6) is -0.456. The van der Waals surface area contributed by atoms with E-state index in [2.05, 4.69) is 5.32 Å². The number of nitro benzene ring substituents is 1. The molecule has 0 fully saturated rings. The van der Waals surface area contributed by atoms with Crippen molar-refractivity contribution in [1.82, 2.24) is 5.32 Å². The fraction of sp³-hybridized carbons (Fsp3) is 0.267. The van der Waals surface area contributed by atoms with Gasteiger partial charge < -0.3 is 10.4 Å². The van der Waals surface area contributed by atoms with Gasteiger partial charge in [-0.1, -0.05) is 0 Å². The molecule has 0 aliphatic rings. The number of hydrogen-bond donors (Lipinski definition) is 2. The SMILES string of the molecule is Cc1cc(C(=O)NCC(C)(O)c2ccsc2)cc([N+](=O)[O-])c1. The molecule has 2 rings (SSSR count). The lowest BCUT2D eigenvalue weighted by atomic mass is 9.99. The first-order valence-electron chi connectivity index (χ1n) is 6.59. The zero-order valence-corrected chi connectivity index (χ0v) is 13.0. The van der Waals surface area contributed by atoms with Crippen LogP contribution in [0.3, 0.4) is 0 Å². The maximum atomic E-state index is 12.1. The quantitative estimate of drug-likeness (QED) is 0.654. The van der Waals surface area contributed by atoms with Crippen molar-refractivity contribution in [2.24, 2.45) is 0 Å². The lowest BCUT2D eigenvalue weighted by Gasteiger charge is -2.22. The zero-order chi connectivity index (χ0) is 16.3. The summed E-state index contributed by atoms with van der Waals surface area (Å²) in [5.41, 5.74) is 0.227. The minimum atomic E-state index is -1.19. The van der Waals surface area contributed by atoms with E-state index in [9.17, 15) is 20.0 Å². The topological polar surface area (TPSA) is 92.5 Å². The predicted octanol–water partition coefficient (Wildman–Crippen LogP) is 2.60. The number of thiophene rings is 1. The van der Waals surface area contributed by atoms with Crippen molar-refractivity contribution < 1.29 is 14.8 Å². The summed E-state index contributed by atoms with van der Waals surface area (Å²) < 4.78 is 0. The highest BCUT2D eigenvalue weighted by Gasteiger charge is 2.24. The van der Waals surface area contributed by atoms with E-state index < -0.39 is 16.4 Å². The van der Waals surface area contributed by atoms with E-state index in [4.69, 9.17) is 0 Å². The van der Waals surface area contributed by atoms with Crippen LogP contribution in [0.5, 0.6) is 0 Å². The molecule has 1 heterocycles. The number of rotatable bonds is 5. The molecule has 2 N–H and O–H groups in total. The van der Waals surface area contributed by atoms with Gasteiger partial charge in [-0.15, -0.1) is 0 Å². The molecule has 1 unspecified atom stereocenters. The Morgan fingerprint density at radius 2 is 2.18 bits per heavy atom. The van der Waals surface area contributed by atoms with Crippen molar-refractivity contribution >= 4 is 22.9 Å². The zero-order valence-electron chi connectivity index (χ0n) is 12.2. The van der Waals surface area contributed by atoms with E-state index in [0.29, 0.717) is 11.1 Å². The Morgan fingerprint density at radius 3 is 2.77 bits per heavy atom. The van der Waals surface area contributed by atoms with Gasteiger partial charge in [0.2, 0.25) is 0 Å². The van der Waals surface area contributed by atoms with Crippen molar-refractivity contribution in [2.45, 2.75) is 19.4 Å². The Hall–Kier alpha value is -2.25. The van der Waals surface area contributed by atoms with E-state index in [1.165, 1.54) is 23.5 Å². The van der Waals surface area contributed by atoms with Crippen LogP contribution in [-0.2, 0) is 5.60 Å². The second-order valence-corrected chi connectivity index (χ2v) is 6.06. The molecule has 1 aromatic heterocycles. The molecule has 1 amide bonds. The van der Waals surface area contributed by atoms with Crippen molar-refractivity contribution in [3.63, 3.8) is 0 Å². The van der Waals surface area contributed by atoms with Crippen molar-refractivity contribution in [2.75, 3.05) is 6.54 Å². The van der Waals surface area contributed by atoms with E-state index >= 15 is 0 Å². The first-order chi connectivity index (χ1) is 10.3. The molecule has 6 nitrogen and oxygen atoms in total. The summed E-state index contributed by atoms with van der Waals surface area (Å²) >= 11 is 1.46. The Bertz CT molecular complexity index is 696. The van der Waals surface area contributed by atoms with Gasteiger partial charge in [0.05, 0.1) is 11.5 Å². The fourth-order valence-corrected chi connectivity index (χ4v) is 2.81. The van der Waals surface area contributed by atoms with Gasteiger partial charge in [0.1, 0.15) is 5.60 Å². The monoisotopic (exact) mass is 320 g/mol. The third kappa shape index (κ3) is 3.69. The molecule has 1 atom stereocenters. The summed E-state index contributed by atoms with van der Waals surface area (Å²) in [6.45, 7) is 3.31. The largest absolute Gasteiger partial charge is 0.384 e. The van der Waals surface area contributed by atoms with Gasteiger partial charge in [-0.3, -0.25) is 14.9 Å². The summed E-state index contributed by atoms with van der Waals surface area (Å²) in [7, 11) is 0. The highest BCUT2D eigenvalue weighted by molar-refractivity contribution is 7.08. The second kappa shape index (κ2) is 6.25. The highest BCUT2D eigenvalue weighted by atomic mass is 32.1. The van der Waals surface area contributed by atoms with Crippen LogP contribution >= 0.6 is 11.3 Å². The third-order valence-electron chi connectivity index (χ3n) is 3.27. The van der Waals surface area contributed by atoms with Crippen LogP contribution in [0, 0.1) is 17.0 Å². The molecule has 0 bridgehead atoms. The summed E-state index contributed by atoms with van der Waals surface area (Å²) in [6.07, 6.45) is 0. The number of nitrogens with zero attached hydrogens (tertiary/aromatic N) is 1. The average molecular weight is 320 g/mol. The minimum absolute atomic E-state index is 0.0182. The number of aryl methyl sites for hydroxylation is 1. The Labute approximate surface area is 131 Å². The molecule has 1 aromatic carbocycles. The molecule has 7 heteroatoms. The number of amides is 1. The lowest BCUT2D eigenvalue weighted by Crippen LogP contribution is -2.38. The van der Waals surface area contributed by atoms with E-state index in [1.54, 1.807) is 26.0 Å². The molecule has 0 spiro atoms. The molecule has 0 aliphatic carbocycles. The highest BCUT2D eigenvalue weighted by Crippen LogP contribution is 2.22. The lowest BCUT2D eigenvalue weighted by molar-refractivity contribution is -0.384. The molecule has 0 saturated heterocycles. The van der Waals surface area contributed by atoms with Gasteiger partial charge in [-0.2, -0.15) is 11.3 Å². The predicted molar refractivity (Wildman–Crippen MR) is 84.1 cm³/mol. The number of non-ortho nitro benzene ring substituents is 1. The molecule has 2 aromatic rings. The second-order valence-electron chi connectivity index (χ2n) is 5.28. The maximum absolute atomic E-state index is 12.1. The number of nitrogens with one attached hydrogen (secondary N) is 1. The minimum Gasteiger partial charge on any atom is -0.384 e. The number of benzene rings is 1. The first kappa shape index (κ1) is 16.1. The van der Waals surface area contributed by atoms with Gasteiger partial charge in [-0.05, 0) is 47.9 Å². The molecular weight excluding hydrogens is 304 g/mol. The Kier molecular flexibility index (Phi) is 4.58. The summed E-state index contributed by atoms with van der Waals surface area (Å²) in [6, 6.07) is 5.98. The molecular formula is C15H16N2O4S. The molecule has 0 radical (unpaired) electrons. The number of hydrogen-bond acceptors (Lipinski definition) is 5. The van der Waals surface area contributed by atoms with Crippen LogP contribution in [0.25, 0.3) is 0 Å². The molecule has 116 valence electrons. The Balaban J connectivity index is 2.11. The molecule has 22 heavy (non-hydrogen) atoms. The smallest absolute Gasteiger partial charge is 0.270 e. The summed E-state index contributed by atoms with van der Waals surface area (Å²) in [4.78, 5) is 22.4. The summed E-state index contributed by atoms with van der Waals surface area (Å²) in [5, 5.41) is 27.5. The van der Waals surface area contributed by atoms with Crippen LogP contribution < -0.4 is 5.32 Å². The fourth-order valence-electron chi connectivity index (χ4n) is 2.03. The Morgan fingerprint density at radius 1 is 1.45 bits per heavy atom. The van der Waals surface area contributed by atoms with Gasteiger partial charge >= 0.3 is 0 Å². The number of carbonyl (C=O) groups is 1. The van der Waals surface area contributed by atoms with Gasteiger partial charge in [0.25, 0.3) is 11.6 Å². The molecule has 0 aliphatic heterocycles. The first-order valence-corrected chi connectivity index (χ1v) is 7.53. The third-order valence-corrected chi connectivity index (χ3v) is 3.95. The van der Waals surface area contributed by atoms with Gasteiger partial charge in [0.15, 0.2) is 0 Å².